The molecule has 0 aromatic rings. The fourth-order valence-corrected chi connectivity index (χ4v) is 3.17. The molecule has 0 heterocycles. The summed E-state index contributed by atoms with van der Waals surface area (Å²) < 4.78 is 0. The number of rotatable bonds is 8. The summed E-state index contributed by atoms with van der Waals surface area (Å²) in [5.74, 6) is 2.35. The summed E-state index contributed by atoms with van der Waals surface area (Å²) in [6, 6.07) is 0. The van der Waals surface area contributed by atoms with Crippen LogP contribution in [0.25, 0.3) is 0 Å². The molecule has 2 atom stereocenters. The van der Waals surface area contributed by atoms with Crippen molar-refractivity contribution in [2.24, 2.45) is 11.8 Å². The number of aliphatic hydroxyl groups excluding tert-OH is 1. The van der Waals surface area contributed by atoms with E-state index >= 15 is 0 Å². The second-order valence-corrected chi connectivity index (χ2v) is 6.42. The van der Waals surface area contributed by atoms with E-state index in [9.17, 15) is 5.11 Å². The Balaban J connectivity index is 4.01. The molecule has 0 aliphatic rings. The van der Waals surface area contributed by atoms with Crippen molar-refractivity contribution in [3.05, 3.63) is 0 Å². The van der Waals surface area contributed by atoms with Gasteiger partial charge in [-0.25, -0.2) is 0 Å². The van der Waals surface area contributed by atoms with E-state index < -0.39 is 0 Å². The highest BCUT2D eigenvalue weighted by molar-refractivity contribution is 7.99. The molecular weight excluding hydrogens is 204 g/mol. The molecule has 0 aliphatic carbocycles. The number of aliphatic hydroxyl groups is 1. The van der Waals surface area contributed by atoms with Crippen LogP contribution in [0, 0.1) is 11.8 Å². The van der Waals surface area contributed by atoms with Crippen LogP contribution in [0.15, 0.2) is 0 Å². The molecule has 0 aromatic carbocycles. The highest BCUT2D eigenvalue weighted by Crippen LogP contribution is 2.27. The predicted molar refractivity (Wildman–Crippen MR) is 71.5 cm³/mol. The van der Waals surface area contributed by atoms with Crippen molar-refractivity contribution in [1.82, 2.24) is 0 Å². The van der Waals surface area contributed by atoms with Gasteiger partial charge in [0.25, 0.3) is 0 Å². The first-order valence-electron chi connectivity index (χ1n) is 6.28. The summed E-state index contributed by atoms with van der Waals surface area (Å²) in [7, 11) is 0. The van der Waals surface area contributed by atoms with Crippen LogP contribution in [0.3, 0.4) is 0 Å². The van der Waals surface area contributed by atoms with Gasteiger partial charge in [0.15, 0.2) is 0 Å². The molecule has 92 valence electrons. The van der Waals surface area contributed by atoms with Gasteiger partial charge in [-0.05, 0) is 30.4 Å². The second kappa shape index (κ2) is 8.46. The SMILES string of the molecule is CCCCSC(C(C)C)C(O)CC(C)C. The lowest BCUT2D eigenvalue weighted by Crippen LogP contribution is -2.29. The van der Waals surface area contributed by atoms with Crippen molar-refractivity contribution in [3.8, 4) is 0 Å². The van der Waals surface area contributed by atoms with Crippen LogP contribution in [0.4, 0.5) is 0 Å². The average Bonchev–Trinajstić information content (AvgIpc) is 2.10. The zero-order valence-electron chi connectivity index (χ0n) is 11.0. The van der Waals surface area contributed by atoms with E-state index in [1.54, 1.807) is 0 Å². The third-order valence-corrected chi connectivity index (χ3v) is 4.33. The number of hydrogen-bond acceptors (Lipinski definition) is 2. The smallest absolute Gasteiger partial charge is 0.0663 e. The van der Waals surface area contributed by atoms with Gasteiger partial charge in [-0.15, -0.1) is 0 Å². The summed E-state index contributed by atoms with van der Waals surface area (Å²) in [5.41, 5.74) is 0. The van der Waals surface area contributed by atoms with Crippen LogP contribution in [-0.2, 0) is 0 Å². The highest BCUT2D eigenvalue weighted by atomic mass is 32.2. The zero-order chi connectivity index (χ0) is 11.8. The first kappa shape index (κ1) is 15.3. The quantitative estimate of drug-likeness (QED) is 0.639. The van der Waals surface area contributed by atoms with Gasteiger partial charge in [0.05, 0.1) is 6.10 Å². The lowest BCUT2D eigenvalue weighted by molar-refractivity contribution is 0.132. The van der Waals surface area contributed by atoms with Gasteiger partial charge < -0.3 is 5.11 Å². The molecule has 0 fully saturated rings. The molecule has 15 heavy (non-hydrogen) atoms. The third kappa shape index (κ3) is 7.24. The van der Waals surface area contributed by atoms with Gasteiger partial charge >= 0.3 is 0 Å². The van der Waals surface area contributed by atoms with Crippen LogP contribution >= 0.6 is 11.8 Å². The third-order valence-electron chi connectivity index (χ3n) is 2.56. The molecule has 2 heteroatoms. The summed E-state index contributed by atoms with van der Waals surface area (Å²) in [6.07, 6.45) is 3.31. The molecule has 0 saturated heterocycles. The Bertz CT molecular complexity index is 145. The minimum atomic E-state index is -0.133. The zero-order valence-corrected chi connectivity index (χ0v) is 11.8. The summed E-state index contributed by atoms with van der Waals surface area (Å²) in [4.78, 5) is 0. The lowest BCUT2D eigenvalue weighted by Gasteiger charge is -2.27. The van der Waals surface area contributed by atoms with Gasteiger partial charge in [-0.2, -0.15) is 11.8 Å². The lowest BCUT2D eigenvalue weighted by atomic mass is 9.97. The molecule has 0 rings (SSSR count). The minimum absolute atomic E-state index is 0.133. The summed E-state index contributed by atoms with van der Waals surface area (Å²) >= 11 is 1.95. The maximum absolute atomic E-state index is 10.1. The van der Waals surface area contributed by atoms with E-state index in [2.05, 4.69) is 34.6 Å². The molecule has 1 N–H and O–H groups in total. The normalized spacial score (nSPS) is 16.0. The van der Waals surface area contributed by atoms with Crippen molar-refractivity contribution in [3.63, 3.8) is 0 Å². The van der Waals surface area contributed by atoms with Gasteiger partial charge in [-0.3, -0.25) is 0 Å². The first-order chi connectivity index (χ1) is 6.99. The molecule has 0 aliphatic heterocycles. The Morgan fingerprint density at radius 3 is 2.13 bits per heavy atom. The fourth-order valence-electron chi connectivity index (χ4n) is 1.73. The van der Waals surface area contributed by atoms with Crippen LogP contribution in [0.1, 0.15) is 53.9 Å². The van der Waals surface area contributed by atoms with Crippen LogP contribution < -0.4 is 0 Å². The Labute approximate surface area is 100 Å². The van der Waals surface area contributed by atoms with Crippen molar-refractivity contribution in [1.29, 1.82) is 0 Å². The van der Waals surface area contributed by atoms with Crippen molar-refractivity contribution in [2.45, 2.75) is 65.2 Å². The Morgan fingerprint density at radius 2 is 1.73 bits per heavy atom. The fraction of sp³-hybridized carbons (Fsp3) is 1.00. The molecule has 0 radical (unpaired) electrons. The van der Waals surface area contributed by atoms with Gasteiger partial charge in [0, 0.05) is 5.25 Å². The van der Waals surface area contributed by atoms with E-state index in [1.807, 2.05) is 11.8 Å². The number of hydrogen-bond donors (Lipinski definition) is 1. The molecular formula is C13H28OS. The maximum atomic E-state index is 10.1. The number of unbranched alkanes of at least 4 members (excludes halogenated alkanes) is 1. The van der Waals surface area contributed by atoms with E-state index in [0.717, 1.165) is 6.42 Å². The molecule has 0 amide bonds. The summed E-state index contributed by atoms with van der Waals surface area (Å²) in [6.45, 7) is 11.0. The van der Waals surface area contributed by atoms with Crippen molar-refractivity contribution < 1.29 is 5.11 Å². The van der Waals surface area contributed by atoms with Crippen LogP contribution in [0.5, 0.6) is 0 Å². The molecule has 0 bridgehead atoms. The highest BCUT2D eigenvalue weighted by Gasteiger charge is 2.23. The van der Waals surface area contributed by atoms with E-state index in [-0.39, 0.29) is 6.10 Å². The Morgan fingerprint density at radius 1 is 1.13 bits per heavy atom. The monoisotopic (exact) mass is 232 g/mol. The van der Waals surface area contributed by atoms with Gasteiger partial charge in [-0.1, -0.05) is 41.0 Å². The Hall–Kier alpha value is 0.310. The van der Waals surface area contributed by atoms with Crippen molar-refractivity contribution in [2.75, 3.05) is 5.75 Å². The molecule has 0 aromatic heterocycles. The molecule has 1 nitrogen and oxygen atoms in total. The minimum Gasteiger partial charge on any atom is -0.392 e. The van der Waals surface area contributed by atoms with E-state index in [1.165, 1.54) is 18.6 Å². The maximum Gasteiger partial charge on any atom is 0.0663 e. The molecule has 2 unspecified atom stereocenters. The van der Waals surface area contributed by atoms with Gasteiger partial charge in [0.1, 0.15) is 0 Å². The van der Waals surface area contributed by atoms with E-state index in [0.29, 0.717) is 17.1 Å². The first-order valence-corrected chi connectivity index (χ1v) is 7.33. The second-order valence-electron chi connectivity index (χ2n) is 5.13. The Kier molecular flexibility index (Phi) is 8.64. The predicted octanol–water partition coefficient (Wildman–Crippen LogP) is 3.95. The van der Waals surface area contributed by atoms with E-state index in [4.69, 9.17) is 0 Å². The largest absolute Gasteiger partial charge is 0.392 e. The molecule has 0 saturated carbocycles. The summed E-state index contributed by atoms with van der Waals surface area (Å²) in [5, 5.41) is 10.5. The van der Waals surface area contributed by atoms with Crippen molar-refractivity contribution >= 4 is 11.8 Å². The number of thioether (sulfide) groups is 1. The molecule has 0 spiro atoms. The van der Waals surface area contributed by atoms with Crippen LogP contribution in [-0.4, -0.2) is 22.2 Å². The topological polar surface area (TPSA) is 20.2 Å². The standard InChI is InChI=1S/C13H28OS/c1-6-7-8-15-13(11(4)5)12(14)9-10(2)3/h10-14H,6-9H2,1-5H3. The average molecular weight is 232 g/mol. The van der Waals surface area contributed by atoms with Crippen LogP contribution in [0.2, 0.25) is 0 Å². The van der Waals surface area contributed by atoms with Gasteiger partial charge in [0.2, 0.25) is 0 Å².